The van der Waals surface area contributed by atoms with E-state index in [1.165, 1.54) is 10.6 Å². The van der Waals surface area contributed by atoms with Crippen molar-refractivity contribution in [1.29, 1.82) is 0 Å². The molecule has 0 amide bonds. The van der Waals surface area contributed by atoms with Crippen molar-refractivity contribution in [3.05, 3.63) is 28.0 Å². The molecule has 14 heavy (non-hydrogen) atoms. The third-order valence-electron chi connectivity index (χ3n) is 2.11. The Bertz CT molecular complexity index is 435. The third kappa shape index (κ3) is 1.37. The molecule has 0 spiro atoms. The van der Waals surface area contributed by atoms with Crippen LogP contribution in [-0.2, 0) is 6.54 Å². The number of hydrogen-bond acceptors (Lipinski definition) is 3. The average Bonchev–Trinajstić information content (AvgIpc) is 2.17. The maximum atomic E-state index is 11.4. The van der Waals surface area contributed by atoms with E-state index in [-0.39, 0.29) is 11.1 Å². The van der Waals surface area contributed by atoms with Crippen molar-refractivity contribution < 1.29 is 14.6 Å². The first kappa shape index (κ1) is 8.80. The van der Waals surface area contributed by atoms with Crippen molar-refractivity contribution in [2.45, 2.75) is 13.0 Å². The highest BCUT2D eigenvalue weighted by molar-refractivity contribution is 5.87. The minimum Gasteiger partial charge on any atom is -0.479 e. The van der Waals surface area contributed by atoms with Crippen molar-refractivity contribution in [2.24, 2.45) is 0 Å². The number of fused-ring (bicyclic) bond motifs is 1. The molecule has 1 aromatic rings. The Morgan fingerprint density at radius 2 is 2.29 bits per heavy atom. The highest BCUT2D eigenvalue weighted by Gasteiger charge is 2.14. The minimum atomic E-state index is -1.11. The molecular formula is C9H9NO4. The molecule has 0 radical (unpaired) electrons. The summed E-state index contributed by atoms with van der Waals surface area (Å²) in [6, 6.07) is 2.49. The van der Waals surface area contributed by atoms with Gasteiger partial charge in [-0.1, -0.05) is 0 Å². The van der Waals surface area contributed by atoms with E-state index in [0.29, 0.717) is 19.0 Å². The molecule has 0 unspecified atom stereocenters. The Labute approximate surface area is 79.5 Å². The number of aromatic nitrogens is 1. The van der Waals surface area contributed by atoms with Crippen molar-refractivity contribution in [2.75, 3.05) is 6.61 Å². The van der Waals surface area contributed by atoms with Crippen LogP contribution in [0.25, 0.3) is 0 Å². The SMILES string of the molecule is O=C(O)c1cc2n(c(=O)c1)CCCO2. The van der Waals surface area contributed by atoms with Gasteiger partial charge in [0.25, 0.3) is 5.56 Å². The van der Waals surface area contributed by atoms with Gasteiger partial charge >= 0.3 is 5.97 Å². The van der Waals surface area contributed by atoms with Crippen LogP contribution in [0.4, 0.5) is 0 Å². The number of hydrogen-bond donors (Lipinski definition) is 1. The van der Waals surface area contributed by atoms with Crippen molar-refractivity contribution in [1.82, 2.24) is 4.57 Å². The van der Waals surface area contributed by atoms with Gasteiger partial charge < -0.3 is 9.84 Å². The lowest BCUT2D eigenvalue weighted by Gasteiger charge is -2.18. The zero-order valence-corrected chi connectivity index (χ0v) is 7.40. The summed E-state index contributed by atoms with van der Waals surface area (Å²) in [5.74, 6) is -0.763. The van der Waals surface area contributed by atoms with Crippen LogP contribution >= 0.6 is 0 Å². The normalized spacial score (nSPS) is 14.3. The van der Waals surface area contributed by atoms with Gasteiger partial charge in [-0.15, -0.1) is 0 Å². The van der Waals surface area contributed by atoms with Crippen LogP contribution in [0.5, 0.6) is 5.88 Å². The van der Waals surface area contributed by atoms with E-state index in [1.54, 1.807) is 0 Å². The first-order chi connectivity index (χ1) is 6.68. The fourth-order valence-corrected chi connectivity index (χ4v) is 1.44. The number of ether oxygens (including phenoxy) is 1. The quantitative estimate of drug-likeness (QED) is 0.701. The summed E-state index contributed by atoms with van der Waals surface area (Å²) in [7, 11) is 0. The Kier molecular flexibility index (Phi) is 1.99. The molecule has 0 saturated carbocycles. The predicted molar refractivity (Wildman–Crippen MR) is 47.8 cm³/mol. The van der Waals surface area contributed by atoms with Gasteiger partial charge in [-0.05, 0) is 6.42 Å². The second kappa shape index (κ2) is 3.17. The largest absolute Gasteiger partial charge is 0.479 e. The molecule has 0 aromatic carbocycles. The number of carboxylic acids is 1. The fraction of sp³-hybridized carbons (Fsp3) is 0.333. The highest BCUT2D eigenvalue weighted by atomic mass is 16.5. The van der Waals surface area contributed by atoms with Gasteiger partial charge in [0, 0.05) is 18.7 Å². The van der Waals surface area contributed by atoms with Gasteiger partial charge in [0.05, 0.1) is 12.2 Å². The van der Waals surface area contributed by atoms with E-state index < -0.39 is 5.97 Å². The molecule has 1 N–H and O–H groups in total. The van der Waals surface area contributed by atoms with Gasteiger partial charge in [0.2, 0.25) is 0 Å². The van der Waals surface area contributed by atoms with Gasteiger partial charge in [-0.25, -0.2) is 4.79 Å². The lowest BCUT2D eigenvalue weighted by atomic mass is 10.2. The van der Waals surface area contributed by atoms with E-state index in [2.05, 4.69) is 0 Å². The number of pyridine rings is 1. The van der Waals surface area contributed by atoms with Crippen molar-refractivity contribution in [3.63, 3.8) is 0 Å². The summed E-state index contributed by atoms with van der Waals surface area (Å²) < 4.78 is 6.64. The molecule has 0 aliphatic carbocycles. The van der Waals surface area contributed by atoms with E-state index >= 15 is 0 Å². The molecule has 1 aromatic heterocycles. The van der Waals surface area contributed by atoms with Gasteiger partial charge in [0.15, 0.2) is 5.88 Å². The first-order valence-electron chi connectivity index (χ1n) is 4.29. The lowest BCUT2D eigenvalue weighted by molar-refractivity contribution is 0.0695. The van der Waals surface area contributed by atoms with Crippen LogP contribution in [0.2, 0.25) is 0 Å². The van der Waals surface area contributed by atoms with Gasteiger partial charge in [-0.3, -0.25) is 9.36 Å². The Morgan fingerprint density at radius 3 is 3.00 bits per heavy atom. The van der Waals surface area contributed by atoms with E-state index in [4.69, 9.17) is 9.84 Å². The van der Waals surface area contributed by atoms with E-state index in [1.807, 2.05) is 0 Å². The maximum Gasteiger partial charge on any atom is 0.336 e. The van der Waals surface area contributed by atoms with Crippen molar-refractivity contribution in [3.8, 4) is 5.88 Å². The van der Waals surface area contributed by atoms with E-state index in [9.17, 15) is 9.59 Å². The molecule has 0 bridgehead atoms. The molecule has 74 valence electrons. The number of carbonyl (C=O) groups is 1. The summed E-state index contributed by atoms with van der Waals surface area (Å²) >= 11 is 0. The molecule has 5 nitrogen and oxygen atoms in total. The summed E-state index contributed by atoms with van der Waals surface area (Å²) in [5, 5.41) is 8.71. The highest BCUT2D eigenvalue weighted by Crippen LogP contribution is 2.15. The molecule has 5 heteroatoms. The zero-order chi connectivity index (χ0) is 10.1. The molecule has 0 fully saturated rings. The second-order valence-electron chi connectivity index (χ2n) is 3.08. The molecule has 2 heterocycles. The minimum absolute atomic E-state index is 0.0249. The van der Waals surface area contributed by atoms with Crippen LogP contribution < -0.4 is 10.3 Å². The predicted octanol–water partition coefficient (Wildman–Crippen LogP) is 0.329. The maximum absolute atomic E-state index is 11.4. The summed E-state index contributed by atoms with van der Waals surface area (Å²) in [6.45, 7) is 1.12. The van der Waals surface area contributed by atoms with Crippen LogP contribution in [0.3, 0.4) is 0 Å². The molecular weight excluding hydrogens is 186 g/mol. The van der Waals surface area contributed by atoms with Crippen LogP contribution in [-0.4, -0.2) is 22.2 Å². The van der Waals surface area contributed by atoms with Gasteiger partial charge in [-0.2, -0.15) is 0 Å². The first-order valence-corrected chi connectivity index (χ1v) is 4.29. The van der Waals surface area contributed by atoms with Gasteiger partial charge in [0.1, 0.15) is 0 Å². The summed E-state index contributed by atoms with van der Waals surface area (Å²) in [5.41, 5.74) is -0.345. The summed E-state index contributed by atoms with van der Waals surface area (Å²) in [4.78, 5) is 22.0. The zero-order valence-electron chi connectivity index (χ0n) is 7.40. The Balaban J connectivity index is 2.57. The topological polar surface area (TPSA) is 68.5 Å². The Hall–Kier alpha value is -1.78. The van der Waals surface area contributed by atoms with Crippen LogP contribution in [0, 0.1) is 0 Å². The average molecular weight is 195 g/mol. The fourth-order valence-electron chi connectivity index (χ4n) is 1.44. The summed E-state index contributed by atoms with van der Waals surface area (Å²) in [6.07, 6.45) is 0.777. The third-order valence-corrected chi connectivity index (χ3v) is 2.11. The number of aromatic carboxylic acids is 1. The molecule has 1 aliphatic heterocycles. The van der Waals surface area contributed by atoms with Crippen LogP contribution in [0.1, 0.15) is 16.8 Å². The molecule has 0 atom stereocenters. The van der Waals surface area contributed by atoms with Crippen molar-refractivity contribution >= 4 is 5.97 Å². The second-order valence-corrected chi connectivity index (χ2v) is 3.08. The lowest BCUT2D eigenvalue weighted by Crippen LogP contribution is -2.27. The number of nitrogens with zero attached hydrogens (tertiary/aromatic N) is 1. The van der Waals surface area contributed by atoms with E-state index in [0.717, 1.165) is 12.5 Å². The molecule has 2 rings (SSSR count). The molecule has 1 aliphatic rings. The molecule has 0 saturated heterocycles. The monoisotopic (exact) mass is 195 g/mol. The smallest absolute Gasteiger partial charge is 0.336 e. The number of rotatable bonds is 1. The van der Waals surface area contributed by atoms with Crippen LogP contribution in [0.15, 0.2) is 16.9 Å². The standard InChI is InChI=1S/C9H9NO4/c11-7-4-6(9(12)13)5-8-10(7)2-1-3-14-8/h4-5H,1-3H2,(H,12,13). The Morgan fingerprint density at radius 1 is 1.50 bits per heavy atom. The number of carboxylic acid groups (broad SMARTS) is 1.